The van der Waals surface area contributed by atoms with Crippen molar-refractivity contribution in [2.75, 3.05) is 29.4 Å². The number of alkyl halides is 1. The van der Waals surface area contributed by atoms with Crippen LogP contribution in [0.3, 0.4) is 0 Å². The summed E-state index contributed by atoms with van der Waals surface area (Å²) in [5.74, 6) is 0. The molecule has 0 spiro atoms. The molecule has 6 aromatic rings. The first kappa shape index (κ1) is 54.0. The van der Waals surface area contributed by atoms with E-state index in [1.165, 1.54) is 51.4 Å². The molecular weight excluding hydrogens is 1010 g/mol. The van der Waals surface area contributed by atoms with Gasteiger partial charge in [-0.05, 0) is 56.4 Å². The first-order chi connectivity index (χ1) is 27.9. The molecule has 0 aliphatic carbocycles. The lowest BCUT2D eigenvalue weighted by Crippen LogP contribution is -3.00. The zero-order valence-corrected chi connectivity index (χ0v) is 41.8. The molecule has 0 unspecified atom stereocenters. The van der Waals surface area contributed by atoms with Gasteiger partial charge in [0, 0.05) is 87.1 Å². The summed E-state index contributed by atoms with van der Waals surface area (Å²) in [6.45, 7) is 3.27. The fourth-order valence-corrected chi connectivity index (χ4v) is 6.18. The molecule has 0 fully saturated rings. The summed E-state index contributed by atoms with van der Waals surface area (Å²) in [6.07, 6.45) is 34.2. The molecular formula is C46H62Br4N10. The van der Waals surface area contributed by atoms with Gasteiger partial charge < -0.3 is 55.5 Å². The van der Waals surface area contributed by atoms with Crippen LogP contribution in [0, 0.1) is 0 Å². The Balaban J connectivity index is 0.000000509. The highest BCUT2D eigenvalue weighted by Crippen LogP contribution is 2.12. The molecule has 4 aromatic heterocycles. The molecule has 0 saturated carbocycles. The normalized spacial score (nSPS) is 10.3. The Morgan fingerprint density at radius 2 is 1.08 bits per heavy atom. The molecule has 0 aliphatic heterocycles. The summed E-state index contributed by atoms with van der Waals surface area (Å²) in [5.41, 5.74) is 4.39. The zero-order chi connectivity index (χ0) is 40.3. The molecule has 0 radical (unpaired) electrons. The molecule has 0 bridgehead atoms. The third kappa shape index (κ3) is 22.6. The van der Waals surface area contributed by atoms with Gasteiger partial charge in [0.2, 0.25) is 6.33 Å². The number of aromatic nitrogens is 6. The molecule has 6 rings (SSSR count). The Bertz CT molecular complexity index is 1960. The lowest BCUT2D eigenvalue weighted by molar-refractivity contribution is -0.697. The van der Waals surface area contributed by atoms with E-state index in [9.17, 15) is 0 Å². The monoisotopic (exact) mass is 1070 g/mol. The van der Waals surface area contributed by atoms with Crippen LogP contribution in [0.2, 0.25) is 0 Å². The topological polar surface area (TPSA) is 65.6 Å². The Morgan fingerprint density at radius 1 is 0.617 bits per heavy atom. The third-order valence-corrected chi connectivity index (χ3v) is 9.76. The average molecular weight is 1070 g/mol. The highest BCUT2D eigenvalue weighted by Gasteiger charge is 2.04. The molecule has 0 atom stereocenters. The lowest BCUT2D eigenvalue weighted by Gasteiger charge is -2.11. The van der Waals surface area contributed by atoms with Gasteiger partial charge in [0.05, 0.1) is 43.7 Å². The van der Waals surface area contributed by atoms with Crippen molar-refractivity contribution in [1.29, 1.82) is 0 Å². The number of pyridine rings is 2. The quantitative estimate of drug-likeness (QED) is 0.0350. The fraction of sp³-hybridized carbons (Fsp3) is 0.348. The zero-order valence-electron chi connectivity index (χ0n) is 35.5. The van der Waals surface area contributed by atoms with Gasteiger partial charge in [-0.1, -0.05) is 58.7 Å². The highest BCUT2D eigenvalue weighted by molar-refractivity contribution is 9.09. The Morgan fingerprint density at radius 3 is 1.47 bits per heavy atom. The van der Waals surface area contributed by atoms with Crippen LogP contribution in [0.15, 0.2) is 157 Å². The van der Waals surface area contributed by atoms with Gasteiger partial charge in [-0.2, -0.15) is 10.2 Å². The Kier molecular flexibility index (Phi) is 29.5. The number of rotatable bonds is 19. The van der Waals surface area contributed by atoms with Crippen molar-refractivity contribution in [3.8, 4) is 0 Å². The Labute approximate surface area is 398 Å². The van der Waals surface area contributed by atoms with Gasteiger partial charge in [0.1, 0.15) is 25.5 Å². The van der Waals surface area contributed by atoms with Crippen molar-refractivity contribution in [1.82, 2.24) is 14.1 Å². The van der Waals surface area contributed by atoms with E-state index in [2.05, 4.69) is 136 Å². The minimum absolute atomic E-state index is 0. The van der Waals surface area contributed by atoms with Crippen LogP contribution in [0.25, 0.3) is 0 Å². The summed E-state index contributed by atoms with van der Waals surface area (Å²) < 4.78 is 10.7. The molecule has 0 aliphatic rings. The van der Waals surface area contributed by atoms with Crippen molar-refractivity contribution in [3.05, 3.63) is 158 Å². The second kappa shape index (κ2) is 32.7. The molecule has 0 N–H and O–H groups in total. The predicted octanol–water partition coefficient (Wildman–Crippen LogP) is -0.837. The number of benzene rings is 2. The van der Waals surface area contributed by atoms with Crippen LogP contribution < -0.4 is 74.7 Å². The van der Waals surface area contributed by atoms with Crippen molar-refractivity contribution in [3.63, 3.8) is 0 Å². The van der Waals surface area contributed by atoms with E-state index in [4.69, 9.17) is 0 Å². The summed E-state index contributed by atoms with van der Waals surface area (Å²) >= 11 is 3.47. The number of nitrogens with zero attached hydrogens (tertiary/aromatic N) is 10. The van der Waals surface area contributed by atoms with Crippen molar-refractivity contribution >= 4 is 39.7 Å². The maximum absolute atomic E-state index is 4.51. The maximum atomic E-state index is 4.51. The standard InChI is InChI=1S/C23H31N5.C19H25BrN3.C4H6N2.3BrH/c1-25-18-19-28(21-25)15-9-4-3-8-14-27-16-12-22(13-17-27)20-24-26(2)23-10-6-5-7-11-23;1-22(19-9-5-4-6-10-19)21-17-18-11-15-23(16-12-18)14-8-3-2-7-13-20;1-6-3-2-5-4-6;;;/h5-7,10-13,16-21H,3-4,8-9,14-15H2,1-2H3;4-6,9-12,15-17H,2-3,7-8,13-14H2,1H3;2-4H,1H3;3*1H/q+2;+1;;;;/p-3. The second-order valence-corrected chi connectivity index (χ2v) is 14.8. The minimum Gasteiger partial charge on any atom is -1.00 e. The van der Waals surface area contributed by atoms with Gasteiger partial charge >= 0.3 is 0 Å². The number of aryl methyl sites for hydroxylation is 5. The summed E-state index contributed by atoms with van der Waals surface area (Å²) in [6, 6.07) is 28.8. The molecule has 60 heavy (non-hydrogen) atoms. The molecule has 14 heteroatoms. The summed E-state index contributed by atoms with van der Waals surface area (Å²) in [5, 5.41) is 13.9. The van der Waals surface area contributed by atoms with Crippen molar-refractivity contribution in [2.45, 2.75) is 71.0 Å². The first-order valence-electron chi connectivity index (χ1n) is 20.0. The van der Waals surface area contributed by atoms with Crippen LogP contribution in [0.1, 0.15) is 62.5 Å². The van der Waals surface area contributed by atoms with Gasteiger partial charge in [0.25, 0.3) is 0 Å². The molecule has 324 valence electrons. The minimum atomic E-state index is 0. The molecule has 0 saturated heterocycles. The van der Waals surface area contributed by atoms with Crippen LogP contribution >= 0.6 is 15.9 Å². The number of imidazole rings is 2. The maximum Gasteiger partial charge on any atom is 0.243 e. The fourth-order valence-electron chi connectivity index (χ4n) is 5.78. The highest BCUT2D eigenvalue weighted by atomic mass is 79.9. The van der Waals surface area contributed by atoms with Crippen LogP contribution in [0.4, 0.5) is 11.4 Å². The van der Waals surface area contributed by atoms with Crippen LogP contribution in [-0.2, 0) is 33.7 Å². The van der Waals surface area contributed by atoms with E-state index >= 15 is 0 Å². The number of hydrazone groups is 2. The first-order valence-corrected chi connectivity index (χ1v) is 21.1. The summed E-state index contributed by atoms with van der Waals surface area (Å²) in [7, 11) is 7.92. The number of anilines is 2. The number of para-hydroxylation sites is 2. The average Bonchev–Trinajstić information content (AvgIpc) is 3.92. The van der Waals surface area contributed by atoms with E-state index < -0.39 is 0 Å². The van der Waals surface area contributed by atoms with E-state index in [1.54, 1.807) is 12.5 Å². The lowest BCUT2D eigenvalue weighted by atomic mass is 10.2. The van der Waals surface area contributed by atoms with Gasteiger partial charge in [-0.15, -0.1) is 0 Å². The molecule has 4 heterocycles. The molecule has 2 aromatic carbocycles. The number of hydrogen-bond donors (Lipinski definition) is 0. The van der Waals surface area contributed by atoms with Gasteiger partial charge in [0.15, 0.2) is 24.8 Å². The predicted molar refractivity (Wildman–Crippen MR) is 238 cm³/mol. The van der Waals surface area contributed by atoms with Crippen LogP contribution in [0.5, 0.6) is 0 Å². The number of hydrogen-bond acceptors (Lipinski definition) is 5. The van der Waals surface area contributed by atoms with E-state index in [1.807, 2.05) is 103 Å². The van der Waals surface area contributed by atoms with Gasteiger partial charge in [-0.25, -0.2) is 23.3 Å². The SMILES string of the molecule is CN(/N=C/c1cc[n+](CCCCCCBr)cc1)c1ccccc1.CN(/N=C/c1cc[n+](CCCCCCn2cc[n+](C)c2)cc1)c1ccccc1.Cn1ccnc1.[Br-].[Br-].[Br-]. The van der Waals surface area contributed by atoms with Gasteiger partial charge in [-0.3, -0.25) is 10.0 Å². The van der Waals surface area contributed by atoms with Crippen molar-refractivity contribution in [2.24, 2.45) is 24.3 Å². The largest absolute Gasteiger partial charge is 1.00 e. The summed E-state index contributed by atoms with van der Waals surface area (Å²) in [4.78, 5) is 3.78. The van der Waals surface area contributed by atoms with E-state index in [-0.39, 0.29) is 50.9 Å². The van der Waals surface area contributed by atoms with E-state index in [0.29, 0.717) is 0 Å². The van der Waals surface area contributed by atoms with Crippen LogP contribution in [-0.4, -0.2) is 46.0 Å². The van der Waals surface area contributed by atoms with Crippen molar-refractivity contribution < 1.29 is 64.6 Å². The smallest absolute Gasteiger partial charge is 0.243 e. The number of unbranched alkanes of at least 4 members (excludes halogenated alkanes) is 6. The molecule has 10 nitrogen and oxygen atoms in total. The third-order valence-electron chi connectivity index (χ3n) is 9.20. The second-order valence-electron chi connectivity index (χ2n) is 14.0. The van der Waals surface area contributed by atoms with E-state index in [0.717, 1.165) is 47.5 Å². The number of halogens is 4. The Hall–Kier alpha value is -3.98. The molecule has 0 amide bonds.